The second-order valence-electron chi connectivity index (χ2n) is 12.0. The molecule has 186 valence electrons. The van der Waals surface area contributed by atoms with E-state index in [1.54, 1.807) is 14.2 Å². The molecule has 1 spiro atoms. The Balaban J connectivity index is 1.60. The summed E-state index contributed by atoms with van der Waals surface area (Å²) >= 11 is 0. The van der Waals surface area contributed by atoms with Crippen LogP contribution in [-0.2, 0) is 19.0 Å². The van der Waals surface area contributed by atoms with Gasteiger partial charge in [0.05, 0.1) is 18.8 Å². The Morgan fingerprint density at radius 2 is 1.94 bits per heavy atom. The fourth-order valence-electron chi connectivity index (χ4n) is 10.7. The third-order valence-corrected chi connectivity index (χ3v) is 11.3. The number of esters is 1. The van der Waals surface area contributed by atoms with Crippen molar-refractivity contribution < 1.29 is 34.3 Å². The summed E-state index contributed by atoms with van der Waals surface area (Å²) in [5.41, 5.74) is -3.60. The molecule has 12 atom stereocenters. The highest BCUT2D eigenvalue weighted by Gasteiger charge is 2.88. The van der Waals surface area contributed by atoms with Gasteiger partial charge in [-0.15, -0.1) is 0 Å². The molecule has 8 nitrogen and oxygen atoms in total. The number of piperidine rings is 1. The summed E-state index contributed by atoms with van der Waals surface area (Å²) in [7, 11) is 3.37. The van der Waals surface area contributed by atoms with Crippen LogP contribution < -0.4 is 0 Å². The van der Waals surface area contributed by atoms with Gasteiger partial charge in [-0.05, 0) is 44.1 Å². The van der Waals surface area contributed by atoms with Gasteiger partial charge in [-0.1, -0.05) is 6.92 Å². The maximum atomic E-state index is 12.7. The molecule has 7 bridgehead atoms. The van der Waals surface area contributed by atoms with Crippen LogP contribution in [0.1, 0.15) is 46.0 Å². The number of carbonyl (C=O) groups excluding carboxylic acids is 1. The first kappa shape index (κ1) is 22.7. The monoisotopic (exact) mass is 465 g/mol. The minimum absolute atomic E-state index is 0.0452. The number of likely N-dealkylation sites (tertiary alicyclic amines) is 1. The van der Waals surface area contributed by atoms with Crippen LogP contribution in [0.5, 0.6) is 0 Å². The third kappa shape index (κ3) is 2.32. The molecule has 1 aliphatic heterocycles. The first-order valence-corrected chi connectivity index (χ1v) is 12.7. The molecule has 6 rings (SSSR count). The number of carbonyl (C=O) groups is 1. The highest BCUT2D eigenvalue weighted by Crippen LogP contribution is 2.80. The fourth-order valence-corrected chi connectivity index (χ4v) is 10.7. The number of ether oxygens (including phenoxy) is 3. The molecule has 33 heavy (non-hydrogen) atoms. The Kier molecular flexibility index (Phi) is 4.75. The smallest absolute Gasteiger partial charge is 0.302 e. The van der Waals surface area contributed by atoms with E-state index in [2.05, 4.69) is 11.8 Å². The van der Waals surface area contributed by atoms with Crippen molar-refractivity contribution in [1.82, 2.24) is 4.90 Å². The van der Waals surface area contributed by atoms with Crippen molar-refractivity contribution in [2.45, 2.75) is 81.5 Å². The lowest BCUT2D eigenvalue weighted by Gasteiger charge is -2.70. The van der Waals surface area contributed by atoms with Gasteiger partial charge >= 0.3 is 5.97 Å². The first-order valence-electron chi connectivity index (χ1n) is 12.7. The van der Waals surface area contributed by atoms with Crippen LogP contribution in [0.2, 0.25) is 0 Å². The highest BCUT2D eigenvalue weighted by atomic mass is 16.5. The molecule has 6 fully saturated rings. The molecule has 0 aromatic rings. The van der Waals surface area contributed by atoms with E-state index in [-0.39, 0.29) is 41.3 Å². The average Bonchev–Trinajstić information content (AvgIpc) is 3.17. The van der Waals surface area contributed by atoms with Crippen molar-refractivity contribution in [3.63, 3.8) is 0 Å². The number of rotatable bonds is 5. The SMILES string of the molecule is CCN1C[C@]2(COC)CC[C@H](O)C34C5CC6[C@H](OC(C)=O)C5[C@](O)(C[C@@H]6OC)[C@@](O)(CC32)C14. The van der Waals surface area contributed by atoms with Gasteiger partial charge in [0.2, 0.25) is 0 Å². The Hall–Kier alpha value is -0.770. The first-order chi connectivity index (χ1) is 15.6. The van der Waals surface area contributed by atoms with E-state index in [1.165, 1.54) is 6.92 Å². The molecule has 0 aromatic carbocycles. The number of likely N-dealkylation sites (N-methyl/N-ethyl adjacent to an activating group) is 1. The van der Waals surface area contributed by atoms with E-state index in [0.717, 1.165) is 25.9 Å². The summed E-state index contributed by atoms with van der Waals surface area (Å²) in [5.74, 6) is -0.845. The molecule has 1 saturated heterocycles. The molecule has 0 radical (unpaired) electrons. The molecule has 1 heterocycles. The topological polar surface area (TPSA) is 109 Å². The van der Waals surface area contributed by atoms with E-state index in [4.69, 9.17) is 14.2 Å². The van der Waals surface area contributed by atoms with E-state index in [1.807, 2.05) is 0 Å². The molecule has 3 N–H and O–H groups in total. The summed E-state index contributed by atoms with van der Waals surface area (Å²) in [6, 6.07) is -0.334. The van der Waals surface area contributed by atoms with E-state index >= 15 is 0 Å². The normalized spacial score (nSPS) is 58.4. The lowest BCUT2D eigenvalue weighted by Crippen LogP contribution is -2.81. The summed E-state index contributed by atoms with van der Waals surface area (Å²) < 4.78 is 17.5. The van der Waals surface area contributed by atoms with Gasteiger partial charge in [-0.2, -0.15) is 0 Å². The zero-order valence-electron chi connectivity index (χ0n) is 20.2. The number of fused-ring (bicyclic) bond motifs is 2. The van der Waals surface area contributed by atoms with Gasteiger partial charge in [0.1, 0.15) is 17.3 Å². The molecule has 0 amide bonds. The molecule has 6 aliphatic rings. The summed E-state index contributed by atoms with van der Waals surface area (Å²) in [4.78, 5) is 14.5. The zero-order chi connectivity index (χ0) is 23.6. The molecule has 5 aliphatic carbocycles. The maximum absolute atomic E-state index is 12.7. The van der Waals surface area contributed by atoms with Gasteiger partial charge in [0, 0.05) is 62.8 Å². The standard InChI is InChI=1S/C25H39NO7/c1-5-26-11-22(12-31-3)7-6-18(28)25-15-8-14-16(32-4)9-23(29,19(15)20(14)33-13(2)27)24(30,21(25)26)10-17(22)25/h14-21,28-30H,5-12H2,1-4H3/t14?,15?,16-,17?,18-,19?,20-,21?,22-,23+,24+,25?/m0/s1. The van der Waals surface area contributed by atoms with Crippen molar-refractivity contribution in [3.05, 3.63) is 0 Å². The van der Waals surface area contributed by atoms with E-state index in [0.29, 0.717) is 25.9 Å². The van der Waals surface area contributed by atoms with Crippen LogP contribution in [0.15, 0.2) is 0 Å². The van der Waals surface area contributed by atoms with Gasteiger partial charge in [-0.25, -0.2) is 0 Å². The lowest BCUT2D eigenvalue weighted by molar-refractivity contribution is -0.313. The molecule has 8 heteroatoms. The summed E-state index contributed by atoms with van der Waals surface area (Å²) in [6.07, 6.45) is 1.61. The van der Waals surface area contributed by atoms with Crippen LogP contribution >= 0.6 is 0 Å². The fraction of sp³-hybridized carbons (Fsp3) is 0.960. The van der Waals surface area contributed by atoms with E-state index < -0.39 is 34.7 Å². The minimum atomic E-state index is -1.45. The zero-order valence-corrected chi connectivity index (χ0v) is 20.2. The quantitative estimate of drug-likeness (QED) is 0.506. The predicted octanol–water partition coefficient (Wildman–Crippen LogP) is 0.563. The average molecular weight is 466 g/mol. The van der Waals surface area contributed by atoms with Crippen LogP contribution in [0, 0.1) is 34.5 Å². The van der Waals surface area contributed by atoms with Gasteiger partial charge in [0.25, 0.3) is 0 Å². The number of nitrogens with zero attached hydrogens (tertiary/aromatic N) is 1. The van der Waals surface area contributed by atoms with Gasteiger partial charge in [-0.3, -0.25) is 9.69 Å². The lowest BCUT2D eigenvalue weighted by atomic mass is 9.42. The number of hydrogen-bond donors (Lipinski definition) is 3. The molecule has 6 unspecified atom stereocenters. The second kappa shape index (κ2) is 6.92. The third-order valence-electron chi connectivity index (χ3n) is 11.3. The number of methoxy groups -OCH3 is 2. The highest BCUT2D eigenvalue weighted by molar-refractivity contribution is 5.66. The molecular weight excluding hydrogens is 426 g/mol. The molecule has 5 saturated carbocycles. The van der Waals surface area contributed by atoms with E-state index in [9.17, 15) is 20.1 Å². The van der Waals surface area contributed by atoms with Crippen molar-refractivity contribution in [3.8, 4) is 0 Å². The Morgan fingerprint density at radius 3 is 2.58 bits per heavy atom. The van der Waals surface area contributed by atoms with Gasteiger partial charge < -0.3 is 29.5 Å². The second-order valence-corrected chi connectivity index (χ2v) is 12.0. The van der Waals surface area contributed by atoms with Crippen LogP contribution in [0.4, 0.5) is 0 Å². The Labute approximate surface area is 195 Å². The molecular formula is C25H39NO7. The van der Waals surface area contributed by atoms with Crippen molar-refractivity contribution >= 4 is 5.97 Å². The largest absolute Gasteiger partial charge is 0.462 e. The van der Waals surface area contributed by atoms with Crippen molar-refractivity contribution in [2.24, 2.45) is 34.5 Å². The van der Waals surface area contributed by atoms with Crippen molar-refractivity contribution in [1.29, 1.82) is 0 Å². The number of aliphatic hydroxyl groups excluding tert-OH is 1. The Morgan fingerprint density at radius 1 is 1.18 bits per heavy atom. The van der Waals surface area contributed by atoms with Crippen LogP contribution in [-0.4, -0.2) is 95.7 Å². The Bertz CT molecular complexity index is 855. The molecule has 0 aromatic heterocycles. The van der Waals surface area contributed by atoms with Crippen LogP contribution in [0.25, 0.3) is 0 Å². The summed E-state index contributed by atoms with van der Waals surface area (Å²) in [5, 5.41) is 37.0. The minimum Gasteiger partial charge on any atom is -0.462 e. The predicted molar refractivity (Wildman–Crippen MR) is 117 cm³/mol. The van der Waals surface area contributed by atoms with Crippen LogP contribution in [0.3, 0.4) is 0 Å². The van der Waals surface area contributed by atoms with Crippen molar-refractivity contribution in [2.75, 3.05) is 33.9 Å². The summed E-state index contributed by atoms with van der Waals surface area (Å²) in [6.45, 7) is 5.63. The maximum Gasteiger partial charge on any atom is 0.302 e. The number of aliphatic hydroxyl groups is 3. The van der Waals surface area contributed by atoms with Gasteiger partial charge in [0.15, 0.2) is 0 Å². The number of hydrogen-bond acceptors (Lipinski definition) is 8.